The highest BCUT2D eigenvalue weighted by atomic mass is 19.1. The summed E-state index contributed by atoms with van der Waals surface area (Å²) in [5.41, 5.74) is 6.70. The minimum absolute atomic E-state index is 0.157. The van der Waals surface area contributed by atoms with Crippen molar-refractivity contribution in [3.8, 4) is 5.75 Å². The Hall–Kier alpha value is -1.13. The maximum Gasteiger partial charge on any atom is 0.126 e. The second-order valence-electron chi connectivity index (χ2n) is 4.84. The molecule has 0 amide bonds. The maximum absolute atomic E-state index is 13.2. The van der Waals surface area contributed by atoms with Crippen LogP contribution in [0.15, 0.2) is 18.2 Å². The van der Waals surface area contributed by atoms with E-state index in [0.717, 1.165) is 31.6 Å². The quantitative estimate of drug-likeness (QED) is 0.897. The summed E-state index contributed by atoms with van der Waals surface area (Å²) in [6.07, 6.45) is 2.01. The van der Waals surface area contributed by atoms with Crippen molar-refractivity contribution in [1.82, 2.24) is 0 Å². The summed E-state index contributed by atoms with van der Waals surface area (Å²) in [6.45, 7) is 4.05. The predicted molar refractivity (Wildman–Crippen MR) is 68.0 cm³/mol. The Morgan fingerprint density at radius 1 is 1.44 bits per heavy atom. The maximum atomic E-state index is 13.2. The molecule has 4 heteroatoms. The number of hydrogen-bond acceptors (Lipinski definition) is 3. The highest BCUT2D eigenvalue weighted by Crippen LogP contribution is 2.26. The monoisotopic (exact) mass is 253 g/mol. The van der Waals surface area contributed by atoms with Gasteiger partial charge in [0.1, 0.15) is 11.6 Å². The van der Waals surface area contributed by atoms with Gasteiger partial charge in [0.25, 0.3) is 0 Å². The fraction of sp³-hybridized carbons (Fsp3) is 0.571. The Balaban J connectivity index is 2.00. The van der Waals surface area contributed by atoms with E-state index in [4.69, 9.17) is 15.2 Å². The largest absolute Gasteiger partial charge is 0.493 e. The van der Waals surface area contributed by atoms with Crippen LogP contribution in [0.3, 0.4) is 0 Å². The third-order valence-electron chi connectivity index (χ3n) is 3.28. The molecule has 1 aliphatic heterocycles. The van der Waals surface area contributed by atoms with Gasteiger partial charge in [0.2, 0.25) is 0 Å². The molecule has 0 saturated carbocycles. The molecule has 1 aromatic carbocycles. The molecule has 0 radical (unpaired) electrons. The minimum atomic E-state index is -0.290. The summed E-state index contributed by atoms with van der Waals surface area (Å²) in [5, 5.41) is 0. The molecule has 1 aromatic rings. The Bertz CT molecular complexity index is 389. The SMILES string of the molecule is C[C@@H](N)c1ccc(F)cc1OCC1CCOCC1. The van der Waals surface area contributed by atoms with Gasteiger partial charge in [-0.1, -0.05) is 6.07 Å². The van der Waals surface area contributed by atoms with Gasteiger partial charge in [-0.15, -0.1) is 0 Å². The number of halogens is 1. The lowest BCUT2D eigenvalue weighted by molar-refractivity contribution is 0.0495. The number of rotatable bonds is 4. The van der Waals surface area contributed by atoms with E-state index < -0.39 is 0 Å². The number of hydrogen-bond donors (Lipinski definition) is 1. The van der Waals surface area contributed by atoms with Gasteiger partial charge in [-0.25, -0.2) is 4.39 Å². The van der Waals surface area contributed by atoms with E-state index in [1.807, 2.05) is 6.92 Å². The zero-order chi connectivity index (χ0) is 13.0. The molecule has 0 unspecified atom stereocenters. The van der Waals surface area contributed by atoms with Gasteiger partial charge in [0.05, 0.1) is 6.61 Å². The van der Waals surface area contributed by atoms with Gasteiger partial charge < -0.3 is 15.2 Å². The number of ether oxygens (including phenoxy) is 2. The molecule has 1 fully saturated rings. The first-order valence-electron chi connectivity index (χ1n) is 6.42. The second kappa shape index (κ2) is 6.16. The van der Waals surface area contributed by atoms with E-state index in [1.54, 1.807) is 6.07 Å². The normalized spacial score (nSPS) is 18.6. The summed E-state index contributed by atoms with van der Waals surface area (Å²) >= 11 is 0. The molecule has 100 valence electrons. The molecule has 1 saturated heterocycles. The van der Waals surface area contributed by atoms with Gasteiger partial charge in [-0.2, -0.15) is 0 Å². The molecule has 0 spiro atoms. The van der Waals surface area contributed by atoms with Crippen molar-refractivity contribution < 1.29 is 13.9 Å². The zero-order valence-electron chi connectivity index (χ0n) is 10.7. The van der Waals surface area contributed by atoms with Crippen LogP contribution in [0.2, 0.25) is 0 Å². The lowest BCUT2D eigenvalue weighted by Gasteiger charge is -2.23. The zero-order valence-corrected chi connectivity index (χ0v) is 10.7. The first-order chi connectivity index (χ1) is 8.66. The summed E-state index contributed by atoms with van der Waals surface area (Å²) in [7, 11) is 0. The van der Waals surface area contributed by atoms with E-state index in [9.17, 15) is 4.39 Å². The highest BCUT2D eigenvalue weighted by Gasteiger charge is 2.16. The van der Waals surface area contributed by atoms with Gasteiger partial charge in [-0.05, 0) is 31.7 Å². The molecule has 1 atom stereocenters. The van der Waals surface area contributed by atoms with Crippen molar-refractivity contribution in [3.63, 3.8) is 0 Å². The minimum Gasteiger partial charge on any atom is -0.493 e. The van der Waals surface area contributed by atoms with Gasteiger partial charge in [0.15, 0.2) is 0 Å². The van der Waals surface area contributed by atoms with Crippen LogP contribution in [0.5, 0.6) is 5.75 Å². The Morgan fingerprint density at radius 3 is 2.83 bits per heavy atom. The van der Waals surface area contributed by atoms with Crippen molar-refractivity contribution in [2.75, 3.05) is 19.8 Å². The van der Waals surface area contributed by atoms with Crippen LogP contribution < -0.4 is 10.5 Å². The highest BCUT2D eigenvalue weighted by molar-refractivity contribution is 5.36. The lowest BCUT2D eigenvalue weighted by atomic mass is 10.0. The van der Waals surface area contributed by atoms with Crippen LogP contribution >= 0.6 is 0 Å². The van der Waals surface area contributed by atoms with E-state index in [1.165, 1.54) is 12.1 Å². The first kappa shape index (κ1) is 13.3. The van der Waals surface area contributed by atoms with E-state index in [2.05, 4.69) is 0 Å². The number of benzene rings is 1. The lowest BCUT2D eigenvalue weighted by Crippen LogP contribution is -2.22. The van der Waals surface area contributed by atoms with Crippen LogP contribution in [0.4, 0.5) is 4.39 Å². The molecular weight excluding hydrogens is 233 g/mol. The topological polar surface area (TPSA) is 44.5 Å². The molecular formula is C14H20FNO2. The van der Waals surface area contributed by atoms with Crippen molar-refractivity contribution >= 4 is 0 Å². The van der Waals surface area contributed by atoms with Crippen LogP contribution in [0.25, 0.3) is 0 Å². The van der Waals surface area contributed by atoms with Crippen molar-refractivity contribution in [3.05, 3.63) is 29.6 Å². The fourth-order valence-electron chi connectivity index (χ4n) is 2.13. The molecule has 3 nitrogen and oxygen atoms in total. The Labute approximate surface area is 107 Å². The summed E-state index contributed by atoms with van der Waals surface area (Å²) < 4.78 is 24.3. The molecule has 0 bridgehead atoms. The smallest absolute Gasteiger partial charge is 0.126 e. The second-order valence-corrected chi connectivity index (χ2v) is 4.84. The van der Waals surface area contributed by atoms with Crippen LogP contribution in [0.1, 0.15) is 31.4 Å². The number of nitrogens with two attached hydrogens (primary N) is 1. The van der Waals surface area contributed by atoms with E-state index in [0.29, 0.717) is 18.3 Å². The standard InChI is InChI=1S/C14H20FNO2/c1-10(16)13-3-2-12(15)8-14(13)18-9-11-4-6-17-7-5-11/h2-3,8,10-11H,4-7,9,16H2,1H3/t10-/m1/s1. The summed E-state index contributed by atoms with van der Waals surface area (Å²) in [5.74, 6) is 0.765. The average Bonchev–Trinajstić information content (AvgIpc) is 2.37. The van der Waals surface area contributed by atoms with Crippen molar-refractivity contribution in [1.29, 1.82) is 0 Å². The molecule has 1 aliphatic rings. The third kappa shape index (κ3) is 3.43. The first-order valence-corrected chi connectivity index (χ1v) is 6.42. The van der Waals surface area contributed by atoms with Gasteiger partial charge in [-0.3, -0.25) is 0 Å². The third-order valence-corrected chi connectivity index (χ3v) is 3.28. The average molecular weight is 253 g/mol. The predicted octanol–water partition coefficient (Wildman–Crippen LogP) is 2.65. The van der Waals surface area contributed by atoms with Crippen molar-refractivity contribution in [2.24, 2.45) is 11.7 Å². The summed E-state index contributed by atoms with van der Waals surface area (Å²) in [6, 6.07) is 4.37. The van der Waals surface area contributed by atoms with Gasteiger partial charge >= 0.3 is 0 Å². The fourth-order valence-corrected chi connectivity index (χ4v) is 2.13. The van der Waals surface area contributed by atoms with Crippen LogP contribution in [0, 0.1) is 11.7 Å². The summed E-state index contributed by atoms with van der Waals surface area (Å²) in [4.78, 5) is 0. The molecule has 2 rings (SSSR count). The van der Waals surface area contributed by atoms with Gasteiger partial charge in [0, 0.05) is 30.9 Å². The van der Waals surface area contributed by atoms with Crippen LogP contribution in [-0.2, 0) is 4.74 Å². The molecule has 1 heterocycles. The Morgan fingerprint density at radius 2 is 2.17 bits per heavy atom. The molecule has 0 aromatic heterocycles. The van der Waals surface area contributed by atoms with Crippen molar-refractivity contribution in [2.45, 2.75) is 25.8 Å². The molecule has 0 aliphatic carbocycles. The molecule has 18 heavy (non-hydrogen) atoms. The van der Waals surface area contributed by atoms with E-state index in [-0.39, 0.29) is 11.9 Å². The Kier molecular flexibility index (Phi) is 4.55. The van der Waals surface area contributed by atoms with Crippen LogP contribution in [-0.4, -0.2) is 19.8 Å². The molecule has 2 N–H and O–H groups in total. The van der Waals surface area contributed by atoms with E-state index >= 15 is 0 Å².